The smallest absolute Gasteiger partial charge is 0.254 e. The zero-order valence-corrected chi connectivity index (χ0v) is 18.7. The van der Waals surface area contributed by atoms with Crippen molar-refractivity contribution in [2.45, 2.75) is 6.92 Å². The number of nitrogens with zero attached hydrogens (tertiary/aromatic N) is 6. The lowest BCUT2D eigenvalue weighted by atomic mass is 10.2. The van der Waals surface area contributed by atoms with Crippen LogP contribution in [0.1, 0.15) is 18.2 Å². The number of rotatable bonds is 7. The van der Waals surface area contributed by atoms with Gasteiger partial charge in [0, 0.05) is 22.7 Å². The van der Waals surface area contributed by atoms with E-state index in [2.05, 4.69) is 31.8 Å². The van der Waals surface area contributed by atoms with Crippen molar-refractivity contribution in [2.75, 3.05) is 27.2 Å². The minimum Gasteiger partial charge on any atom is -0.488 e. The predicted molar refractivity (Wildman–Crippen MR) is 125 cm³/mol. The molecule has 0 aliphatic rings. The molecular weight excluding hydrogens is 428 g/mol. The SMILES string of the molecule is CC=COc1nc2ccc(Cl)c(OCCN(C)C)c2nc1C#Cc1ccc(N=[N+]=[N-])cc1. The van der Waals surface area contributed by atoms with Crippen LogP contribution in [0.2, 0.25) is 5.02 Å². The highest BCUT2D eigenvalue weighted by atomic mass is 35.5. The molecule has 0 N–H and O–H groups in total. The fourth-order valence-corrected chi connectivity index (χ4v) is 2.82. The summed E-state index contributed by atoms with van der Waals surface area (Å²) in [7, 11) is 3.93. The topological polar surface area (TPSA) is 96.2 Å². The third-order valence-corrected chi connectivity index (χ3v) is 4.46. The number of hydrogen-bond acceptors (Lipinski definition) is 6. The second-order valence-corrected chi connectivity index (χ2v) is 7.25. The maximum Gasteiger partial charge on any atom is 0.254 e. The molecule has 0 saturated carbocycles. The monoisotopic (exact) mass is 448 g/mol. The standard InChI is InChI=1S/C23H21ClN6O2/c1-4-14-32-23-20(11-7-16-5-8-17(9-6-16)28-29-25)26-21-19(27-23)12-10-18(24)22(21)31-15-13-30(2)3/h4-6,8-10,12,14H,13,15H2,1-3H3. The molecule has 9 heteroatoms. The Balaban J connectivity index is 2.05. The summed E-state index contributed by atoms with van der Waals surface area (Å²) < 4.78 is 11.5. The number of azide groups is 1. The fourth-order valence-electron chi connectivity index (χ4n) is 2.61. The number of benzene rings is 2. The molecule has 3 aromatic rings. The molecule has 0 amide bonds. The van der Waals surface area contributed by atoms with Crippen LogP contribution in [0.25, 0.3) is 21.5 Å². The maximum absolute atomic E-state index is 8.53. The van der Waals surface area contributed by atoms with Crippen molar-refractivity contribution in [3.63, 3.8) is 0 Å². The third kappa shape index (κ3) is 5.90. The minimum absolute atomic E-state index is 0.273. The number of hydrogen-bond donors (Lipinski definition) is 0. The number of allylic oxidation sites excluding steroid dienone is 1. The van der Waals surface area contributed by atoms with Gasteiger partial charge in [-0.05, 0) is 56.7 Å². The molecule has 0 saturated heterocycles. The van der Waals surface area contributed by atoms with Crippen LogP contribution in [0.4, 0.5) is 5.69 Å². The molecule has 0 unspecified atom stereocenters. The van der Waals surface area contributed by atoms with Gasteiger partial charge >= 0.3 is 0 Å². The van der Waals surface area contributed by atoms with Gasteiger partial charge in [0.1, 0.15) is 12.1 Å². The normalized spacial score (nSPS) is 10.7. The molecule has 0 fully saturated rings. The van der Waals surface area contributed by atoms with Gasteiger partial charge in [0.05, 0.1) is 16.8 Å². The largest absolute Gasteiger partial charge is 0.488 e. The Bertz CT molecular complexity index is 1240. The van der Waals surface area contributed by atoms with Crippen LogP contribution in [0.15, 0.2) is 53.9 Å². The number of likely N-dealkylation sites (N-methyl/N-ethyl adjacent to an activating group) is 1. The van der Waals surface area contributed by atoms with Crippen molar-refractivity contribution in [3.8, 4) is 23.5 Å². The van der Waals surface area contributed by atoms with Crippen molar-refractivity contribution in [2.24, 2.45) is 5.11 Å². The van der Waals surface area contributed by atoms with Crippen LogP contribution < -0.4 is 9.47 Å². The Morgan fingerprint density at radius 2 is 1.94 bits per heavy atom. The molecule has 1 aromatic heterocycles. The third-order valence-electron chi connectivity index (χ3n) is 4.16. The first-order chi connectivity index (χ1) is 15.5. The molecule has 2 aromatic carbocycles. The van der Waals surface area contributed by atoms with E-state index in [1.54, 1.807) is 42.5 Å². The number of ether oxygens (including phenoxy) is 2. The summed E-state index contributed by atoms with van der Waals surface area (Å²) in [6.45, 7) is 3.01. The Kier molecular flexibility index (Phi) is 7.90. The van der Waals surface area contributed by atoms with E-state index in [9.17, 15) is 0 Å². The molecule has 0 radical (unpaired) electrons. The van der Waals surface area contributed by atoms with Crippen LogP contribution >= 0.6 is 11.6 Å². The van der Waals surface area contributed by atoms with E-state index in [-0.39, 0.29) is 5.88 Å². The van der Waals surface area contributed by atoms with Crippen LogP contribution in [-0.2, 0) is 0 Å². The van der Waals surface area contributed by atoms with Gasteiger partial charge in [0.25, 0.3) is 5.88 Å². The van der Waals surface area contributed by atoms with Gasteiger partial charge in [-0.3, -0.25) is 0 Å². The average Bonchev–Trinajstić information content (AvgIpc) is 2.78. The predicted octanol–water partition coefficient (Wildman–Crippen LogP) is 5.48. The van der Waals surface area contributed by atoms with Gasteiger partial charge in [-0.25, -0.2) is 9.97 Å². The van der Waals surface area contributed by atoms with Gasteiger partial charge in [-0.15, -0.1) is 0 Å². The summed E-state index contributed by atoms with van der Waals surface area (Å²) in [5.74, 6) is 6.77. The summed E-state index contributed by atoms with van der Waals surface area (Å²) in [6.07, 6.45) is 3.26. The van der Waals surface area contributed by atoms with Crippen molar-refractivity contribution < 1.29 is 9.47 Å². The summed E-state index contributed by atoms with van der Waals surface area (Å²) in [4.78, 5) is 14.0. The average molecular weight is 449 g/mol. The molecule has 8 nitrogen and oxygen atoms in total. The molecule has 1 heterocycles. The Hall–Kier alpha value is -3.76. The molecule has 0 atom stereocenters. The first-order valence-corrected chi connectivity index (χ1v) is 10.1. The first kappa shape index (κ1) is 22.9. The van der Waals surface area contributed by atoms with E-state index in [4.69, 9.17) is 26.6 Å². The van der Waals surface area contributed by atoms with E-state index in [0.717, 1.165) is 6.54 Å². The van der Waals surface area contributed by atoms with Crippen LogP contribution in [0.5, 0.6) is 11.6 Å². The highest BCUT2D eigenvalue weighted by Crippen LogP contribution is 2.33. The molecule has 0 spiro atoms. The van der Waals surface area contributed by atoms with E-state index in [1.807, 2.05) is 25.9 Å². The first-order valence-electron chi connectivity index (χ1n) is 9.74. The Morgan fingerprint density at radius 1 is 1.16 bits per heavy atom. The Morgan fingerprint density at radius 3 is 2.62 bits per heavy atom. The van der Waals surface area contributed by atoms with E-state index in [1.165, 1.54) is 6.26 Å². The second kappa shape index (κ2) is 11.0. The van der Waals surface area contributed by atoms with Crippen molar-refractivity contribution in [1.29, 1.82) is 0 Å². The van der Waals surface area contributed by atoms with Crippen molar-refractivity contribution in [1.82, 2.24) is 14.9 Å². The summed E-state index contributed by atoms with van der Waals surface area (Å²) in [5, 5.41) is 4.00. The van der Waals surface area contributed by atoms with Gasteiger partial charge in [0.2, 0.25) is 0 Å². The molecule has 3 rings (SSSR count). The number of halogens is 1. The zero-order valence-electron chi connectivity index (χ0n) is 17.9. The van der Waals surface area contributed by atoms with E-state index < -0.39 is 0 Å². The fraction of sp³-hybridized carbons (Fsp3) is 0.217. The molecular formula is C23H21ClN6O2. The van der Waals surface area contributed by atoms with Gasteiger partial charge in [0.15, 0.2) is 11.4 Å². The molecule has 0 bridgehead atoms. The summed E-state index contributed by atoms with van der Waals surface area (Å²) >= 11 is 6.39. The Labute approximate surface area is 191 Å². The molecule has 32 heavy (non-hydrogen) atoms. The molecule has 0 aliphatic carbocycles. The molecule has 162 valence electrons. The molecule has 0 aliphatic heterocycles. The maximum atomic E-state index is 8.53. The van der Waals surface area contributed by atoms with E-state index >= 15 is 0 Å². The second-order valence-electron chi connectivity index (χ2n) is 6.85. The van der Waals surface area contributed by atoms with Gasteiger partial charge < -0.3 is 14.4 Å². The van der Waals surface area contributed by atoms with E-state index in [0.29, 0.717) is 45.4 Å². The summed E-state index contributed by atoms with van der Waals surface area (Å²) in [5.41, 5.74) is 11.2. The number of aromatic nitrogens is 2. The van der Waals surface area contributed by atoms with Crippen molar-refractivity contribution >= 4 is 28.3 Å². The highest BCUT2D eigenvalue weighted by Gasteiger charge is 2.15. The quantitative estimate of drug-likeness (QED) is 0.157. The lowest BCUT2D eigenvalue weighted by Crippen LogP contribution is -2.19. The zero-order chi connectivity index (χ0) is 22.9. The minimum atomic E-state index is 0.273. The lowest BCUT2D eigenvalue weighted by Gasteiger charge is -2.14. The van der Waals surface area contributed by atoms with Crippen LogP contribution in [0.3, 0.4) is 0 Å². The van der Waals surface area contributed by atoms with Crippen LogP contribution in [-0.4, -0.2) is 42.1 Å². The summed E-state index contributed by atoms with van der Waals surface area (Å²) in [6, 6.07) is 10.4. The van der Waals surface area contributed by atoms with Gasteiger partial charge in [-0.2, -0.15) is 0 Å². The number of fused-ring (bicyclic) bond motifs is 1. The lowest BCUT2D eigenvalue weighted by molar-refractivity contribution is 0.263. The van der Waals surface area contributed by atoms with Crippen LogP contribution in [0, 0.1) is 11.8 Å². The highest BCUT2D eigenvalue weighted by molar-refractivity contribution is 6.33. The van der Waals surface area contributed by atoms with Crippen molar-refractivity contribution in [3.05, 3.63) is 75.5 Å². The van der Waals surface area contributed by atoms with Gasteiger partial charge in [-0.1, -0.05) is 40.8 Å².